The summed E-state index contributed by atoms with van der Waals surface area (Å²) in [5.41, 5.74) is 10.1. The molecule has 3 aromatic rings. The maximum absolute atomic E-state index is 12.4. The van der Waals surface area contributed by atoms with Gasteiger partial charge in [-0.2, -0.15) is 4.98 Å². The molecule has 46 heavy (non-hydrogen) atoms. The van der Waals surface area contributed by atoms with Gasteiger partial charge in [0, 0.05) is 82.3 Å². The van der Waals surface area contributed by atoms with Crippen LogP contribution in [0.1, 0.15) is 50.7 Å². The van der Waals surface area contributed by atoms with E-state index in [1.165, 1.54) is 12.0 Å². The van der Waals surface area contributed by atoms with Gasteiger partial charge in [-0.05, 0) is 31.0 Å². The van der Waals surface area contributed by atoms with Gasteiger partial charge in [0.25, 0.3) is 0 Å². The van der Waals surface area contributed by atoms with E-state index in [9.17, 15) is 9.59 Å². The summed E-state index contributed by atoms with van der Waals surface area (Å²) in [7, 11) is 1.72. The first-order valence-electron chi connectivity index (χ1n) is 16.5. The number of hydrogen-bond donors (Lipinski definition) is 4. The fourth-order valence-corrected chi connectivity index (χ4v) is 7.14. The van der Waals surface area contributed by atoms with Crippen LogP contribution in [0.15, 0.2) is 30.5 Å². The largest absolute Gasteiger partial charge is 0.496 e. The molecule has 5 rings (SSSR count). The van der Waals surface area contributed by atoms with Crippen molar-refractivity contribution >= 4 is 46.4 Å². The number of ether oxygens (including phenoxy) is 1. The van der Waals surface area contributed by atoms with Gasteiger partial charge in [-0.15, -0.1) is 11.8 Å². The van der Waals surface area contributed by atoms with Gasteiger partial charge in [-0.25, -0.2) is 4.98 Å². The number of nitrogens with one attached hydrogen (secondary N) is 3. The summed E-state index contributed by atoms with van der Waals surface area (Å²) in [6.07, 6.45) is 5.67. The Morgan fingerprint density at radius 2 is 1.91 bits per heavy atom. The molecule has 0 spiro atoms. The number of nitrogen functional groups attached to an aromatic ring is 1. The lowest BCUT2D eigenvalue weighted by Crippen LogP contribution is -2.49. The number of benzene rings is 1. The maximum atomic E-state index is 12.4. The third-order valence-electron chi connectivity index (χ3n) is 8.61. The second-order valence-corrected chi connectivity index (χ2v) is 13.5. The molecule has 2 unspecified atom stereocenters. The highest BCUT2D eigenvalue weighted by atomic mass is 32.2. The average Bonchev–Trinajstić information content (AvgIpc) is 3.44. The molecule has 2 aromatic heterocycles. The predicted molar refractivity (Wildman–Crippen MR) is 185 cm³/mol. The molecule has 2 aliphatic rings. The van der Waals surface area contributed by atoms with E-state index in [1.54, 1.807) is 18.9 Å². The van der Waals surface area contributed by atoms with Crippen LogP contribution >= 0.6 is 11.8 Å². The molecule has 250 valence electrons. The second-order valence-electron chi connectivity index (χ2n) is 12.3. The van der Waals surface area contributed by atoms with E-state index in [2.05, 4.69) is 65.4 Å². The summed E-state index contributed by atoms with van der Waals surface area (Å²) in [6, 6.07) is 8.64. The van der Waals surface area contributed by atoms with E-state index < -0.39 is 0 Å². The standard InChI is InChI=1S/C33H49N9O3S/c1-4-5-6-10-36-31-30-26(38-33(34)39-31)9-12-42(30)21-25-8-7-24(18-27(25)45-3)20-41-16-14-40(15-17-41)13-11-35-29(43)19-28-32(44)37-23(2)22-46-28/h7-9,12,18,23,28H,4-6,10-11,13-17,19-22H2,1-3H3,(H,35,43)(H,37,44)(H3,34,36,38,39). The number of fused-ring (bicyclic) bond motifs is 1. The number of carbonyl (C=O) groups is 2. The Bertz CT molecular complexity index is 1470. The maximum Gasteiger partial charge on any atom is 0.233 e. The molecule has 2 fully saturated rings. The number of hydrogen-bond acceptors (Lipinski definition) is 10. The Kier molecular flexibility index (Phi) is 12.0. The van der Waals surface area contributed by atoms with Crippen LogP contribution in [0, 0.1) is 0 Å². The Balaban J connectivity index is 1.10. The van der Waals surface area contributed by atoms with Crippen molar-refractivity contribution in [3.8, 4) is 5.75 Å². The molecular weight excluding hydrogens is 602 g/mol. The van der Waals surface area contributed by atoms with Gasteiger partial charge in [0.05, 0.1) is 24.4 Å². The van der Waals surface area contributed by atoms with Crippen molar-refractivity contribution in [1.82, 2.24) is 35.0 Å². The van der Waals surface area contributed by atoms with Gasteiger partial charge in [0.2, 0.25) is 17.8 Å². The number of thioether (sulfide) groups is 1. The number of rotatable bonds is 15. The summed E-state index contributed by atoms with van der Waals surface area (Å²) < 4.78 is 8.01. The molecule has 5 N–H and O–H groups in total. The highest BCUT2D eigenvalue weighted by Gasteiger charge is 2.28. The first-order valence-corrected chi connectivity index (χ1v) is 17.5. The van der Waals surface area contributed by atoms with Gasteiger partial charge in [0.1, 0.15) is 11.3 Å². The van der Waals surface area contributed by atoms with Crippen molar-refractivity contribution in [3.63, 3.8) is 0 Å². The first-order chi connectivity index (χ1) is 22.3. The fraction of sp³-hybridized carbons (Fsp3) is 0.576. The average molecular weight is 652 g/mol. The molecule has 0 aliphatic carbocycles. The summed E-state index contributed by atoms with van der Waals surface area (Å²) in [5, 5.41) is 9.12. The zero-order valence-electron chi connectivity index (χ0n) is 27.4. The number of unbranched alkanes of at least 4 members (excludes halogenated alkanes) is 2. The van der Waals surface area contributed by atoms with E-state index in [1.807, 2.05) is 19.2 Å². The Morgan fingerprint density at radius 3 is 2.67 bits per heavy atom. The van der Waals surface area contributed by atoms with Crippen LogP contribution in [-0.4, -0.2) is 106 Å². The van der Waals surface area contributed by atoms with Gasteiger partial charge in [-0.1, -0.05) is 31.9 Å². The molecule has 1 aromatic carbocycles. The van der Waals surface area contributed by atoms with Crippen LogP contribution in [0.25, 0.3) is 11.0 Å². The van der Waals surface area contributed by atoms with Crippen LogP contribution in [0.5, 0.6) is 5.75 Å². The molecule has 2 amide bonds. The predicted octanol–water partition coefficient (Wildman–Crippen LogP) is 2.92. The van der Waals surface area contributed by atoms with Gasteiger partial charge in [-0.3, -0.25) is 19.4 Å². The van der Waals surface area contributed by atoms with Crippen LogP contribution in [0.3, 0.4) is 0 Å². The topological polar surface area (TPSA) is 143 Å². The number of aromatic nitrogens is 3. The number of anilines is 2. The fourth-order valence-electron chi connectivity index (χ4n) is 6.05. The third-order valence-corrected chi connectivity index (χ3v) is 10.1. The zero-order chi connectivity index (χ0) is 32.5. The quantitative estimate of drug-likeness (QED) is 0.181. The number of nitrogens with two attached hydrogens (primary N) is 1. The number of carbonyl (C=O) groups excluding carboxylic acids is 2. The molecule has 0 radical (unpaired) electrons. The number of nitrogens with zero attached hydrogens (tertiary/aromatic N) is 5. The Morgan fingerprint density at radius 1 is 1.11 bits per heavy atom. The molecule has 2 saturated heterocycles. The van der Waals surface area contributed by atoms with Crippen molar-refractivity contribution in [1.29, 1.82) is 0 Å². The van der Waals surface area contributed by atoms with Crippen LogP contribution in [-0.2, 0) is 22.7 Å². The SMILES string of the molecule is CCCCCNc1nc(N)nc2ccn(Cc3ccc(CN4CCN(CCNC(=O)CC5SCC(C)NC5=O)CC4)cc3OC)c12. The minimum atomic E-state index is -0.286. The summed E-state index contributed by atoms with van der Waals surface area (Å²) in [4.78, 5) is 38.3. The molecule has 0 saturated carbocycles. The molecule has 2 aliphatic heterocycles. The van der Waals surface area contributed by atoms with Crippen molar-refractivity contribution < 1.29 is 14.3 Å². The minimum absolute atomic E-state index is 0.0301. The van der Waals surface area contributed by atoms with Crippen LogP contribution in [0.4, 0.5) is 11.8 Å². The lowest BCUT2D eigenvalue weighted by atomic mass is 10.1. The Hall–Kier alpha value is -3.55. The van der Waals surface area contributed by atoms with Crippen molar-refractivity contribution in [3.05, 3.63) is 41.6 Å². The molecule has 4 heterocycles. The lowest BCUT2D eigenvalue weighted by Gasteiger charge is -2.34. The lowest BCUT2D eigenvalue weighted by molar-refractivity contribution is -0.126. The van der Waals surface area contributed by atoms with Crippen molar-refractivity contribution in [2.24, 2.45) is 0 Å². The summed E-state index contributed by atoms with van der Waals surface area (Å²) in [6.45, 7) is 11.7. The highest BCUT2D eigenvalue weighted by Crippen LogP contribution is 2.28. The third kappa shape index (κ3) is 9.04. The number of methoxy groups -OCH3 is 1. The van der Waals surface area contributed by atoms with E-state index in [0.717, 1.165) is 92.6 Å². The molecule has 13 heteroatoms. The van der Waals surface area contributed by atoms with E-state index >= 15 is 0 Å². The van der Waals surface area contributed by atoms with Gasteiger partial charge < -0.3 is 31.0 Å². The molecule has 2 atom stereocenters. The first kappa shape index (κ1) is 33.8. The molecule has 12 nitrogen and oxygen atoms in total. The van der Waals surface area contributed by atoms with Crippen molar-refractivity contribution in [2.45, 2.75) is 63.9 Å². The monoisotopic (exact) mass is 651 g/mol. The number of piperazine rings is 1. The second kappa shape index (κ2) is 16.3. The highest BCUT2D eigenvalue weighted by molar-refractivity contribution is 8.00. The number of amides is 2. The van der Waals surface area contributed by atoms with Crippen LogP contribution in [0.2, 0.25) is 0 Å². The van der Waals surface area contributed by atoms with Gasteiger partial charge in [0.15, 0.2) is 5.82 Å². The van der Waals surface area contributed by atoms with Gasteiger partial charge >= 0.3 is 0 Å². The summed E-state index contributed by atoms with van der Waals surface area (Å²) in [5.74, 6) is 2.66. The van der Waals surface area contributed by atoms with Crippen LogP contribution < -0.4 is 26.4 Å². The van der Waals surface area contributed by atoms with E-state index in [4.69, 9.17) is 10.5 Å². The normalized spacial score (nSPS) is 19.2. The molecular formula is C33H49N9O3S. The van der Waals surface area contributed by atoms with E-state index in [0.29, 0.717) is 13.1 Å². The van der Waals surface area contributed by atoms with E-state index in [-0.39, 0.29) is 35.5 Å². The minimum Gasteiger partial charge on any atom is -0.496 e. The molecule has 0 bridgehead atoms. The zero-order valence-corrected chi connectivity index (χ0v) is 28.2. The smallest absolute Gasteiger partial charge is 0.233 e. The van der Waals surface area contributed by atoms with Crippen molar-refractivity contribution in [2.75, 3.05) is 69.7 Å². The summed E-state index contributed by atoms with van der Waals surface area (Å²) >= 11 is 1.57. The Labute approximate surface area is 276 Å².